The number of amides is 1. The summed E-state index contributed by atoms with van der Waals surface area (Å²) in [7, 11) is 3.18. The molecule has 0 aliphatic carbocycles. The first-order valence-electron chi connectivity index (χ1n) is 9.27. The van der Waals surface area contributed by atoms with Gasteiger partial charge < -0.3 is 19.3 Å². The Bertz CT molecular complexity index is 749. The van der Waals surface area contributed by atoms with Crippen LogP contribution in [-0.2, 0) is 4.74 Å². The van der Waals surface area contributed by atoms with Crippen LogP contribution in [0.4, 0.5) is 16.2 Å². The number of carbonyl (C=O) groups is 1. The summed E-state index contributed by atoms with van der Waals surface area (Å²) in [6.07, 6.45) is 2.83. The predicted molar refractivity (Wildman–Crippen MR) is 109 cm³/mol. The zero-order chi connectivity index (χ0) is 21.1. The maximum Gasteiger partial charge on any atom is 0.410 e. The topological polar surface area (TPSA) is 85.2 Å². The molecule has 1 aromatic rings. The minimum Gasteiger partial charge on any atom is -0.490 e. The molecule has 1 aliphatic heterocycles. The highest BCUT2D eigenvalue weighted by Gasteiger charge is 2.30. The minimum atomic E-state index is -0.528. The van der Waals surface area contributed by atoms with Crippen LogP contribution in [0.15, 0.2) is 18.7 Å². The first kappa shape index (κ1) is 21.5. The number of rotatable bonds is 5. The van der Waals surface area contributed by atoms with Gasteiger partial charge in [0.05, 0.1) is 12.0 Å². The molecule has 0 aromatic heterocycles. The molecule has 2 rings (SSSR count). The smallest absolute Gasteiger partial charge is 0.410 e. The molecule has 154 valence electrons. The summed E-state index contributed by atoms with van der Waals surface area (Å²) < 4.78 is 10.6. The lowest BCUT2D eigenvalue weighted by molar-refractivity contribution is -0.385. The molecule has 0 radical (unpaired) electrons. The van der Waals surface area contributed by atoms with Gasteiger partial charge in [-0.15, -0.1) is 0 Å². The molecule has 28 heavy (non-hydrogen) atoms. The number of hydrogen-bond donors (Lipinski definition) is 0. The van der Waals surface area contributed by atoms with Gasteiger partial charge in [0.15, 0.2) is 5.75 Å². The molecule has 1 amide bonds. The zero-order valence-corrected chi connectivity index (χ0v) is 17.2. The Hall–Kier alpha value is -2.77. The van der Waals surface area contributed by atoms with E-state index < -0.39 is 10.5 Å². The number of methoxy groups -OCH3 is 1. The van der Waals surface area contributed by atoms with Crippen molar-refractivity contribution in [2.75, 3.05) is 32.1 Å². The van der Waals surface area contributed by atoms with Gasteiger partial charge in [0.2, 0.25) is 0 Å². The van der Waals surface area contributed by atoms with Crippen LogP contribution in [0.3, 0.4) is 0 Å². The Balaban J connectivity index is 2.13. The van der Waals surface area contributed by atoms with Crippen molar-refractivity contribution in [1.29, 1.82) is 0 Å². The number of nitrogens with zero attached hydrogens (tertiary/aromatic N) is 3. The lowest BCUT2D eigenvalue weighted by Crippen LogP contribution is -2.47. The molecule has 0 saturated carbocycles. The lowest BCUT2D eigenvalue weighted by atomic mass is 10.0. The highest BCUT2D eigenvalue weighted by Crippen LogP contribution is 2.37. The van der Waals surface area contributed by atoms with Crippen molar-refractivity contribution in [3.8, 4) is 5.75 Å². The molecule has 1 saturated heterocycles. The Morgan fingerprint density at radius 3 is 2.43 bits per heavy atom. The van der Waals surface area contributed by atoms with Crippen LogP contribution in [0.1, 0.15) is 39.2 Å². The number of hydrogen-bond acceptors (Lipinski definition) is 6. The van der Waals surface area contributed by atoms with Crippen LogP contribution < -0.4 is 9.64 Å². The van der Waals surface area contributed by atoms with E-state index in [1.165, 1.54) is 13.2 Å². The number of nitro groups is 1. The second kappa shape index (κ2) is 8.50. The molecule has 0 unspecified atom stereocenters. The Morgan fingerprint density at radius 1 is 1.36 bits per heavy atom. The largest absolute Gasteiger partial charge is 0.490 e. The summed E-state index contributed by atoms with van der Waals surface area (Å²) >= 11 is 0. The molecule has 0 bridgehead atoms. The molecule has 0 atom stereocenters. The standard InChI is InChI=1S/C20H29N3O5/c1-7-14-12-17(23(25)26)18(27-6)13-16(14)22-10-8-15(9-11-22)21(5)19(24)28-20(2,3)4/h7,12-13,15H,1,8-11H2,2-6H3. The summed E-state index contributed by atoms with van der Waals surface area (Å²) in [5.41, 5.74) is 0.920. The number of nitro benzene ring substituents is 1. The first-order chi connectivity index (χ1) is 13.1. The molecule has 0 spiro atoms. The van der Waals surface area contributed by atoms with Gasteiger partial charge in [0, 0.05) is 49.6 Å². The van der Waals surface area contributed by atoms with Crippen LogP contribution in [0.5, 0.6) is 5.75 Å². The molecule has 8 nitrogen and oxygen atoms in total. The second-order valence-electron chi connectivity index (χ2n) is 7.85. The first-order valence-corrected chi connectivity index (χ1v) is 9.27. The van der Waals surface area contributed by atoms with Crippen molar-refractivity contribution in [1.82, 2.24) is 4.90 Å². The monoisotopic (exact) mass is 391 g/mol. The fraction of sp³-hybridized carbons (Fsp3) is 0.550. The minimum absolute atomic E-state index is 0.0817. The number of anilines is 1. The van der Waals surface area contributed by atoms with E-state index in [2.05, 4.69) is 11.5 Å². The molecule has 0 N–H and O–H groups in total. The maximum atomic E-state index is 12.3. The van der Waals surface area contributed by atoms with E-state index in [1.807, 2.05) is 20.8 Å². The average molecular weight is 391 g/mol. The van der Waals surface area contributed by atoms with Crippen molar-refractivity contribution in [3.63, 3.8) is 0 Å². The fourth-order valence-corrected chi connectivity index (χ4v) is 3.29. The van der Waals surface area contributed by atoms with E-state index in [4.69, 9.17) is 9.47 Å². The predicted octanol–water partition coefficient (Wildman–Crippen LogP) is 4.08. The number of piperidine rings is 1. The third-order valence-corrected chi connectivity index (χ3v) is 4.78. The summed E-state index contributed by atoms with van der Waals surface area (Å²) in [6.45, 7) is 10.7. The van der Waals surface area contributed by atoms with Crippen molar-refractivity contribution < 1.29 is 19.2 Å². The van der Waals surface area contributed by atoms with Crippen LogP contribution in [0.2, 0.25) is 0 Å². The average Bonchev–Trinajstić information content (AvgIpc) is 2.64. The van der Waals surface area contributed by atoms with Crippen LogP contribution in [0.25, 0.3) is 6.08 Å². The van der Waals surface area contributed by atoms with Crippen molar-refractivity contribution >= 4 is 23.5 Å². The lowest BCUT2D eigenvalue weighted by Gasteiger charge is -2.38. The normalized spacial score (nSPS) is 15.1. The SMILES string of the molecule is C=Cc1cc([N+](=O)[O-])c(OC)cc1N1CCC(N(C)C(=O)OC(C)(C)C)CC1. The fourth-order valence-electron chi connectivity index (χ4n) is 3.29. The summed E-state index contributed by atoms with van der Waals surface area (Å²) in [5, 5.41) is 11.2. The van der Waals surface area contributed by atoms with Gasteiger partial charge in [0.1, 0.15) is 5.60 Å². The van der Waals surface area contributed by atoms with Crippen molar-refractivity contribution in [2.24, 2.45) is 0 Å². The zero-order valence-electron chi connectivity index (χ0n) is 17.2. The van der Waals surface area contributed by atoms with Gasteiger partial charge in [-0.2, -0.15) is 0 Å². The van der Waals surface area contributed by atoms with Crippen molar-refractivity contribution in [3.05, 3.63) is 34.4 Å². The van der Waals surface area contributed by atoms with Crippen LogP contribution in [0, 0.1) is 10.1 Å². The Morgan fingerprint density at radius 2 is 1.96 bits per heavy atom. The molecular formula is C20H29N3O5. The van der Waals surface area contributed by atoms with Gasteiger partial charge in [-0.3, -0.25) is 10.1 Å². The van der Waals surface area contributed by atoms with E-state index in [0.717, 1.165) is 18.5 Å². The van der Waals surface area contributed by atoms with Gasteiger partial charge >= 0.3 is 11.8 Å². The van der Waals surface area contributed by atoms with E-state index >= 15 is 0 Å². The quantitative estimate of drug-likeness (QED) is 0.555. The summed E-state index contributed by atoms with van der Waals surface area (Å²) in [6, 6.07) is 3.26. The Kier molecular flexibility index (Phi) is 6.53. The van der Waals surface area contributed by atoms with E-state index in [0.29, 0.717) is 18.7 Å². The molecular weight excluding hydrogens is 362 g/mol. The third-order valence-electron chi connectivity index (χ3n) is 4.78. The van der Waals surface area contributed by atoms with E-state index in [-0.39, 0.29) is 23.6 Å². The third kappa shape index (κ3) is 4.94. The van der Waals surface area contributed by atoms with Gasteiger partial charge in [-0.1, -0.05) is 12.7 Å². The molecule has 1 aliphatic rings. The van der Waals surface area contributed by atoms with Gasteiger partial charge in [-0.25, -0.2) is 4.79 Å². The summed E-state index contributed by atoms with van der Waals surface area (Å²) in [5.74, 6) is 0.221. The Labute approximate surface area is 165 Å². The number of carbonyl (C=O) groups excluding carboxylic acids is 1. The summed E-state index contributed by atoms with van der Waals surface area (Å²) in [4.78, 5) is 26.9. The second-order valence-corrected chi connectivity index (χ2v) is 7.85. The van der Waals surface area contributed by atoms with E-state index in [1.54, 1.807) is 24.1 Å². The van der Waals surface area contributed by atoms with Crippen molar-refractivity contribution in [2.45, 2.75) is 45.3 Å². The highest BCUT2D eigenvalue weighted by atomic mass is 16.6. The molecule has 1 aromatic carbocycles. The molecule has 1 fully saturated rings. The molecule has 1 heterocycles. The number of ether oxygens (including phenoxy) is 2. The van der Waals surface area contributed by atoms with Crippen LogP contribution in [-0.4, -0.2) is 54.8 Å². The van der Waals surface area contributed by atoms with Gasteiger partial charge in [0.25, 0.3) is 0 Å². The van der Waals surface area contributed by atoms with E-state index in [9.17, 15) is 14.9 Å². The van der Waals surface area contributed by atoms with Crippen LogP contribution >= 0.6 is 0 Å². The maximum absolute atomic E-state index is 12.3. The van der Waals surface area contributed by atoms with Gasteiger partial charge in [-0.05, 0) is 33.6 Å². The number of benzene rings is 1. The highest BCUT2D eigenvalue weighted by molar-refractivity contribution is 5.73. The molecule has 8 heteroatoms.